The third-order valence-electron chi connectivity index (χ3n) is 5.88. The summed E-state index contributed by atoms with van der Waals surface area (Å²) in [7, 11) is 0. The molecule has 0 spiro atoms. The minimum Gasteiger partial charge on any atom is -0.302 e. The first kappa shape index (κ1) is 19.0. The maximum Gasteiger partial charge on any atom is 0.159 e. The van der Waals surface area contributed by atoms with Crippen molar-refractivity contribution in [3.8, 4) is 11.1 Å². The quantitative estimate of drug-likeness (QED) is 0.267. The van der Waals surface area contributed by atoms with E-state index in [0.717, 1.165) is 44.3 Å². The highest BCUT2D eigenvalue weighted by atomic mass is 32.2. The number of aromatic nitrogens is 1. The summed E-state index contributed by atoms with van der Waals surface area (Å²) in [6.07, 6.45) is 2.11. The lowest BCUT2D eigenvalue weighted by Crippen LogP contribution is -2.17. The molecule has 2 aromatic heterocycles. The van der Waals surface area contributed by atoms with Crippen LogP contribution in [0.1, 0.15) is 17.3 Å². The molecular formula is C28H20N2OS. The van der Waals surface area contributed by atoms with E-state index in [1.54, 1.807) is 18.7 Å². The molecule has 6 rings (SSSR count). The van der Waals surface area contributed by atoms with E-state index in [9.17, 15) is 4.79 Å². The van der Waals surface area contributed by atoms with Gasteiger partial charge in [0.1, 0.15) is 5.82 Å². The van der Waals surface area contributed by atoms with Gasteiger partial charge in [-0.05, 0) is 55.0 Å². The van der Waals surface area contributed by atoms with Crippen LogP contribution in [0.5, 0.6) is 0 Å². The molecule has 1 aliphatic heterocycles. The third-order valence-corrected chi connectivity index (χ3v) is 7.01. The summed E-state index contributed by atoms with van der Waals surface area (Å²) in [5.74, 6) is 1.14. The maximum atomic E-state index is 12.2. The van der Waals surface area contributed by atoms with Crippen LogP contribution in [-0.2, 0) is 0 Å². The van der Waals surface area contributed by atoms with E-state index in [2.05, 4.69) is 94.4 Å². The molecular weight excluding hydrogens is 412 g/mol. The van der Waals surface area contributed by atoms with Crippen LogP contribution in [0.4, 0.5) is 17.2 Å². The van der Waals surface area contributed by atoms with Crippen molar-refractivity contribution in [3.63, 3.8) is 0 Å². The number of carbonyl (C=O) groups excluding carboxylic acids is 1. The van der Waals surface area contributed by atoms with Crippen LogP contribution in [0.2, 0.25) is 0 Å². The Morgan fingerprint density at radius 1 is 0.750 bits per heavy atom. The molecule has 154 valence electrons. The predicted molar refractivity (Wildman–Crippen MR) is 132 cm³/mol. The number of hydrogen-bond donors (Lipinski definition) is 0. The van der Waals surface area contributed by atoms with Gasteiger partial charge >= 0.3 is 0 Å². The van der Waals surface area contributed by atoms with E-state index in [-0.39, 0.29) is 5.78 Å². The van der Waals surface area contributed by atoms with Crippen LogP contribution in [0, 0.1) is 0 Å². The number of para-hydroxylation sites is 1. The van der Waals surface area contributed by atoms with E-state index >= 15 is 0 Å². The van der Waals surface area contributed by atoms with Gasteiger partial charge in [-0.25, -0.2) is 0 Å². The number of rotatable bonds is 3. The fourth-order valence-electron chi connectivity index (χ4n) is 4.37. The zero-order chi connectivity index (χ0) is 21.7. The Hall–Kier alpha value is -3.76. The molecule has 0 N–H and O–H groups in total. The Kier molecular flexibility index (Phi) is 4.40. The average molecular weight is 433 g/mol. The van der Waals surface area contributed by atoms with Crippen molar-refractivity contribution >= 4 is 40.3 Å². The Balaban J connectivity index is 1.71. The molecule has 0 saturated carbocycles. The van der Waals surface area contributed by atoms with E-state index in [0.29, 0.717) is 0 Å². The monoisotopic (exact) mass is 432 g/mol. The highest BCUT2D eigenvalue weighted by molar-refractivity contribution is 7.99. The molecule has 0 aliphatic carbocycles. The largest absolute Gasteiger partial charge is 0.302 e. The van der Waals surface area contributed by atoms with Gasteiger partial charge in [-0.2, -0.15) is 0 Å². The SMILES string of the molecule is CC(=O)c1ccc2c(c1)N(c1c(-c3ccccc3)cc3ccccn13)c1ccccc1S2. The standard InChI is InChI=1S/C28H20N2OS/c1-19(31)21-14-15-27-25(17-21)30(24-12-5-6-13-26(24)32-27)28-23(20-9-3-2-4-10-20)18-22-11-7-8-16-29(22)28/h2-18H,1H3. The minimum atomic E-state index is 0.0694. The van der Waals surface area contributed by atoms with Crippen LogP contribution >= 0.6 is 11.8 Å². The second-order valence-corrected chi connectivity index (χ2v) is 8.97. The number of anilines is 3. The number of carbonyl (C=O) groups is 1. The lowest BCUT2D eigenvalue weighted by atomic mass is 10.1. The molecule has 5 aromatic rings. The number of ketones is 1. The summed E-state index contributed by atoms with van der Waals surface area (Å²) in [6.45, 7) is 1.62. The fraction of sp³-hybridized carbons (Fsp3) is 0.0357. The van der Waals surface area contributed by atoms with Crippen molar-refractivity contribution in [3.05, 3.63) is 109 Å². The lowest BCUT2D eigenvalue weighted by molar-refractivity contribution is 0.101. The summed E-state index contributed by atoms with van der Waals surface area (Å²) in [6, 6.07) is 33.5. The highest BCUT2D eigenvalue weighted by Gasteiger charge is 2.29. The van der Waals surface area contributed by atoms with E-state index in [1.165, 1.54) is 4.90 Å². The van der Waals surface area contributed by atoms with E-state index in [4.69, 9.17) is 0 Å². The molecule has 4 heteroatoms. The van der Waals surface area contributed by atoms with Gasteiger partial charge in [-0.15, -0.1) is 0 Å². The first-order valence-electron chi connectivity index (χ1n) is 10.6. The predicted octanol–water partition coefficient (Wildman–Crippen LogP) is 7.74. The van der Waals surface area contributed by atoms with Crippen LogP contribution in [-0.4, -0.2) is 10.2 Å². The van der Waals surface area contributed by atoms with Gasteiger partial charge in [0.25, 0.3) is 0 Å². The smallest absolute Gasteiger partial charge is 0.159 e. The second kappa shape index (κ2) is 7.43. The number of fused-ring (bicyclic) bond motifs is 3. The van der Waals surface area contributed by atoms with Gasteiger partial charge < -0.3 is 4.40 Å². The molecule has 32 heavy (non-hydrogen) atoms. The molecule has 3 nitrogen and oxygen atoms in total. The normalized spacial score (nSPS) is 12.5. The molecule has 0 amide bonds. The first-order valence-corrected chi connectivity index (χ1v) is 11.4. The number of hydrogen-bond acceptors (Lipinski definition) is 3. The topological polar surface area (TPSA) is 24.7 Å². The number of pyridine rings is 1. The maximum absolute atomic E-state index is 12.2. The molecule has 0 radical (unpaired) electrons. The first-order chi connectivity index (χ1) is 15.7. The molecule has 3 aromatic carbocycles. The third kappa shape index (κ3) is 2.95. The highest BCUT2D eigenvalue weighted by Crippen LogP contribution is 2.53. The molecule has 0 atom stereocenters. The zero-order valence-corrected chi connectivity index (χ0v) is 18.3. The number of nitrogens with zero attached hydrogens (tertiary/aromatic N) is 2. The van der Waals surface area contributed by atoms with Crippen molar-refractivity contribution < 1.29 is 4.79 Å². The van der Waals surface area contributed by atoms with Crippen LogP contribution in [0.25, 0.3) is 16.6 Å². The van der Waals surface area contributed by atoms with Gasteiger partial charge in [0.2, 0.25) is 0 Å². The summed E-state index contributed by atoms with van der Waals surface area (Å²) in [5, 5.41) is 0. The summed E-state index contributed by atoms with van der Waals surface area (Å²) < 4.78 is 2.24. The second-order valence-electron chi connectivity index (χ2n) is 7.89. The van der Waals surface area contributed by atoms with E-state index in [1.807, 2.05) is 18.2 Å². The molecule has 1 aliphatic rings. The summed E-state index contributed by atoms with van der Waals surface area (Å²) in [5.41, 5.74) is 6.30. The van der Waals surface area contributed by atoms with Crippen molar-refractivity contribution in [1.29, 1.82) is 0 Å². The van der Waals surface area contributed by atoms with Gasteiger partial charge in [0, 0.05) is 32.6 Å². The van der Waals surface area contributed by atoms with Crippen molar-refractivity contribution in [2.24, 2.45) is 0 Å². The molecule has 0 unspecified atom stereocenters. The fourth-order valence-corrected chi connectivity index (χ4v) is 5.41. The van der Waals surface area contributed by atoms with E-state index < -0.39 is 0 Å². The molecule has 3 heterocycles. The average Bonchev–Trinajstić information content (AvgIpc) is 3.22. The van der Waals surface area contributed by atoms with Crippen molar-refractivity contribution in [1.82, 2.24) is 4.40 Å². The van der Waals surface area contributed by atoms with Crippen molar-refractivity contribution in [2.45, 2.75) is 16.7 Å². The van der Waals surface area contributed by atoms with Gasteiger partial charge in [-0.3, -0.25) is 9.69 Å². The minimum absolute atomic E-state index is 0.0694. The Labute approximate surface area is 190 Å². The van der Waals surface area contributed by atoms with Gasteiger partial charge in [0.05, 0.1) is 11.4 Å². The Morgan fingerprint density at radius 2 is 1.50 bits per heavy atom. The summed E-state index contributed by atoms with van der Waals surface area (Å²) in [4.78, 5) is 16.9. The van der Waals surface area contributed by atoms with Crippen LogP contribution < -0.4 is 4.90 Å². The Morgan fingerprint density at radius 3 is 2.34 bits per heavy atom. The molecule has 0 saturated heterocycles. The van der Waals surface area contributed by atoms with Crippen molar-refractivity contribution in [2.75, 3.05) is 4.90 Å². The Bertz CT molecular complexity index is 1490. The van der Waals surface area contributed by atoms with Crippen LogP contribution in [0.15, 0.2) is 113 Å². The lowest BCUT2D eigenvalue weighted by Gasteiger charge is -2.33. The van der Waals surface area contributed by atoms with Gasteiger partial charge in [0.15, 0.2) is 5.78 Å². The van der Waals surface area contributed by atoms with Crippen LogP contribution in [0.3, 0.4) is 0 Å². The van der Waals surface area contributed by atoms with Gasteiger partial charge in [-0.1, -0.05) is 66.4 Å². The zero-order valence-electron chi connectivity index (χ0n) is 17.5. The number of benzene rings is 3. The molecule has 0 bridgehead atoms. The number of Topliss-reactive ketones (excluding diaryl/α,β-unsaturated/α-hetero) is 1. The molecule has 0 fully saturated rings. The summed E-state index contributed by atoms with van der Waals surface area (Å²) >= 11 is 1.75.